The molecule has 0 saturated carbocycles. The lowest BCUT2D eigenvalue weighted by Crippen LogP contribution is -2.30. The minimum Gasteiger partial charge on any atom is -0.352 e. The Morgan fingerprint density at radius 1 is 1.20 bits per heavy atom. The first kappa shape index (κ1) is 24.3. The molecular weight excluding hydrogens is 486 g/mol. The molecule has 0 spiro atoms. The maximum absolute atomic E-state index is 13.0. The van der Waals surface area contributed by atoms with E-state index in [9.17, 15) is 19.7 Å². The normalized spacial score (nSPS) is 14.5. The van der Waals surface area contributed by atoms with E-state index in [0.717, 1.165) is 16.9 Å². The second-order valence-electron chi connectivity index (χ2n) is 7.65. The molecule has 9 nitrogen and oxygen atoms in total. The van der Waals surface area contributed by atoms with Gasteiger partial charge in [0.05, 0.1) is 9.83 Å². The van der Waals surface area contributed by atoms with Gasteiger partial charge in [-0.15, -0.1) is 0 Å². The summed E-state index contributed by atoms with van der Waals surface area (Å²) in [6.45, 7) is 0.760. The summed E-state index contributed by atoms with van der Waals surface area (Å²) in [5.74, 6) is -0.303. The lowest BCUT2D eigenvalue weighted by Gasteiger charge is -2.14. The lowest BCUT2D eigenvalue weighted by atomic mass is 10.2. The van der Waals surface area contributed by atoms with Crippen molar-refractivity contribution in [3.63, 3.8) is 0 Å². The fraction of sp³-hybridized carbons (Fsp3) is 0.167. The van der Waals surface area contributed by atoms with Crippen LogP contribution in [-0.4, -0.2) is 42.1 Å². The second-order valence-corrected chi connectivity index (χ2v) is 9.33. The third-order valence-electron chi connectivity index (χ3n) is 5.27. The summed E-state index contributed by atoms with van der Waals surface area (Å²) in [4.78, 5) is 41.6. The SMILES string of the molecule is O=C(CCCN1C(=O)/C(=C/c2cccn2-c2ccc([N+](=O)[O-])cc2)SC1=S)NCc1cccnc1. The average Bonchev–Trinajstić information content (AvgIpc) is 3.43. The van der Waals surface area contributed by atoms with Gasteiger partial charge in [-0.2, -0.15) is 0 Å². The van der Waals surface area contributed by atoms with E-state index in [4.69, 9.17) is 12.2 Å². The maximum atomic E-state index is 13.0. The summed E-state index contributed by atoms with van der Waals surface area (Å²) in [7, 11) is 0. The standard InChI is InChI=1S/C24H21N5O4S2/c30-22(26-16-17-4-1-11-25-15-17)6-3-13-28-23(31)21(35-24(28)34)14-20-5-2-12-27(20)18-7-9-19(10-8-18)29(32)33/h1-2,4-5,7-12,14-15H,3,6,13,16H2,(H,26,30)/b21-14-. The summed E-state index contributed by atoms with van der Waals surface area (Å²) < 4.78 is 2.29. The smallest absolute Gasteiger partial charge is 0.269 e. The van der Waals surface area contributed by atoms with Crippen molar-refractivity contribution in [1.82, 2.24) is 19.8 Å². The zero-order chi connectivity index (χ0) is 24.8. The molecule has 35 heavy (non-hydrogen) atoms. The van der Waals surface area contributed by atoms with Crippen LogP contribution in [0.3, 0.4) is 0 Å². The van der Waals surface area contributed by atoms with Gasteiger partial charge in [-0.25, -0.2) is 0 Å². The molecule has 1 aromatic carbocycles. The molecule has 3 heterocycles. The quantitative estimate of drug-likeness (QED) is 0.201. The van der Waals surface area contributed by atoms with Crippen LogP contribution in [0.2, 0.25) is 0 Å². The van der Waals surface area contributed by atoms with Crippen LogP contribution in [0.4, 0.5) is 5.69 Å². The molecule has 0 radical (unpaired) electrons. The molecule has 0 aliphatic carbocycles. The van der Waals surface area contributed by atoms with Gasteiger partial charge in [-0.3, -0.25) is 29.6 Å². The molecule has 3 aromatic rings. The third kappa shape index (κ3) is 6.00. The number of amides is 2. The number of nitrogens with one attached hydrogen (secondary N) is 1. The highest BCUT2D eigenvalue weighted by Crippen LogP contribution is 2.33. The number of benzene rings is 1. The van der Waals surface area contributed by atoms with E-state index in [0.29, 0.717) is 28.7 Å². The monoisotopic (exact) mass is 507 g/mol. The van der Waals surface area contributed by atoms with Gasteiger partial charge in [0.15, 0.2) is 0 Å². The first-order chi connectivity index (χ1) is 16.9. The van der Waals surface area contributed by atoms with Crippen LogP contribution in [0.15, 0.2) is 72.0 Å². The van der Waals surface area contributed by atoms with Crippen molar-refractivity contribution in [3.8, 4) is 5.69 Å². The zero-order valence-corrected chi connectivity index (χ0v) is 20.1. The van der Waals surface area contributed by atoms with Gasteiger partial charge in [0.25, 0.3) is 11.6 Å². The molecule has 11 heteroatoms. The molecule has 1 N–H and O–H groups in total. The summed E-state index contributed by atoms with van der Waals surface area (Å²) in [5.41, 5.74) is 2.41. The average molecular weight is 508 g/mol. The van der Waals surface area contributed by atoms with E-state index < -0.39 is 4.92 Å². The molecule has 0 atom stereocenters. The van der Waals surface area contributed by atoms with Crippen LogP contribution in [0.5, 0.6) is 0 Å². The Morgan fingerprint density at radius 3 is 2.71 bits per heavy atom. The number of hydrogen-bond acceptors (Lipinski definition) is 7. The largest absolute Gasteiger partial charge is 0.352 e. The molecule has 1 aliphatic rings. The van der Waals surface area contributed by atoms with Crippen LogP contribution in [0, 0.1) is 10.1 Å². The highest BCUT2D eigenvalue weighted by molar-refractivity contribution is 8.26. The van der Waals surface area contributed by atoms with Crippen LogP contribution in [-0.2, 0) is 16.1 Å². The van der Waals surface area contributed by atoms with Crippen molar-refractivity contribution in [2.24, 2.45) is 0 Å². The second kappa shape index (κ2) is 11.1. The molecule has 2 amide bonds. The summed E-state index contributed by atoms with van der Waals surface area (Å²) >= 11 is 6.61. The van der Waals surface area contributed by atoms with Crippen molar-refractivity contribution < 1.29 is 14.5 Å². The first-order valence-corrected chi connectivity index (χ1v) is 12.0. The number of carbonyl (C=O) groups excluding carboxylic acids is 2. The number of non-ortho nitro benzene ring substituents is 1. The number of nitrogens with zero attached hydrogens (tertiary/aromatic N) is 4. The topological polar surface area (TPSA) is 110 Å². The molecule has 4 rings (SSSR count). The van der Waals surface area contributed by atoms with Crippen LogP contribution in [0.1, 0.15) is 24.1 Å². The fourth-order valence-corrected chi connectivity index (χ4v) is 4.79. The fourth-order valence-electron chi connectivity index (χ4n) is 3.50. The number of thiocarbonyl (C=S) groups is 1. The van der Waals surface area contributed by atoms with E-state index in [1.165, 1.54) is 28.8 Å². The summed E-state index contributed by atoms with van der Waals surface area (Å²) in [6.07, 6.45) is 7.70. The zero-order valence-electron chi connectivity index (χ0n) is 18.5. The predicted molar refractivity (Wildman–Crippen MR) is 138 cm³/mol. The Kier molecular flexibility index (Phi) is 7.68. The number of nitro benzene ring substituents is 1. The number of nitro groups is 1. The molecule has 0 unspecified atom stereocenters. The van der Waals surface area contributed by atoms with Crippen molar-refractivity contribution >= 4 is 51.9 Å². The Morgan fingerprint density at radius 2 is 2.00 bits per heavy atom. The van der Waals surface area contributed by atoms with Crippen LogP contribution >= 0.6 is 24.0 Å². The molecule has 2 aromatic heterocycles. The van der Waals surface area contributed by atoms with Crippen molar-refractivity contribution in [1.29, 1.82) is 0 Å². The number of aromatic nitrogens is 2. The van der Waals surface area contributed by atoms with Gasteiger partial charge in [-0.1, -0.05) is 30.0 Å². The maximum Gasteiger partial charge on any atom is 0.269 e. The van der Waals surface area contributed by atoms with E-state index >= 15 is 0 Å². The molecule has 0 bridgehead atoms. The Labute approximate surface area is 211 Å². The van der Waals surface area contributed by atoms with Gasteiger partial charge in [0, 0.05) is 61.6 Å². The molecule has 178 valence electrons. The number of carbonyl (C=O) groups is 2. The number of hydrogen-bond donors (Lipinski definition) is 1. The van der Waals surface area contributed by atoms with E-state index in [1.807, 2.05) is 35.0 Å². The molecule has 1 aliphatic heterocycles. The highest BCUT2D eigenvalue weighted by Gasteiger charge is 2.31. The van der Waals surface area contributed by atoms with Crippen molar-refractivity contribution in [2.75, 3.05) is 6.54 Å². The summed E-state index contributed by atoms with van der Waals surface area (Å²) in [6, 6.07) is 13.6. The Hall–Kier alpha value is -3.83. The summed E-state index contributed by atoms with van der Waals surface area (Å²) in [5, 5.41) is 13.7. The molecular formula is C24H21N5O4S2. The van der Waals surface area contributed by atoms with Gasteiger partial charge in [0.1, 0.15) is 4.32 Å². The minimum atomic E-state index is -0.448. The van der Waals surface area contributed by atoms with Crippen molar-refractivity contribution in [2.45, 2.75) is 19.4 Å². The van der Waals surface area contributed by atoms with Crippen LogP contribution in [0.25, 0.3) is 11.8 Å². The number of pyridine rings is 1. The van der Waals surface area contributed by atoms with E-state index in [-0.39, 0.29) is 23.9 Å². The minimum absolute atomic E-state index is 0.00841. The Balaban J connectivity index is 1.35. The van der Waals surface area contributed by atoms with Gasteiger partial charge in [-0.05, 0) is 48.4 Å². The van der Waals surface area contributed by atoms with E-state index in [2.05, 4.69) is 10.3 Å². The molecule has 1 saturated heterocycles. The third-order valence-corrected chi connectivity index (χ3v) is 6.65. The van der Waals surface area contributed by atoms with Gasteiger partial charge >= 0.3 is 0 Å². The van der Waals surface area contributed by atoms with Crippen LogP contribution < -0.4 is 5.32 Å². The molecule has 1 fully saturated rings. The first-order valence-electron chi connectivity index (χ1n) is 10.8. The van der Waals surface area contributed by atoms with Gasteiger partial charge in [0.2, 0.25) is 5.91 Å². The van der Waals surface area contributed by atoms with Gasteiger partial charge < -0.3 is 9.88 Å². The number of thioether (sulfide) groups is 1. The predicted octanol–water partition coefficient (Wildman–Crippen LogP) is 4.08. The lowest BCUT2D eigenvalue weighted by molar-refractivity contribution is -0.384. The highest BCUT2D eigenvalue weighted by atomic mass is 32.2. The van der Waals surface area contributed by atoms with E-state index in [1.54, 1.807) is 30.6 Å². The number of rotatable bonds is 9. The van der Waals surface area contributed by atoms with Crippen molar-refractivity contribution in [3.05, 3.63) is 93.4 Å². The Bertz CT molecular complexity index is 1290.